The van der Waals surface area contributed by atoms with E-state index in [0.29, 0.717) is 29.5 Å². The molecule has 2 N–H and O–H groups in total. The van der Waals surface area contributed by atoms with Crippen LogP contribution in [-0.2, 0) is 6.54 Å². The van der Waals surface area contributed by atoms with E-state index >= 15 is 0 Å². The van der Waals surface area contributed by atoms with Crippen molar-refractivity contribution in [3.05, 3.63) is 71.8 Å². The zero-order chi connectivity index (χ0) is 19.1. The molecule has 0 unspecified atom stereocenters. The summed E-state index contributed by atoms with van der Waals surface area (Å²) in [5, 5.41) is 14.0. The number of para-hydroxylation sites is 1. The fraction of sp³-hybridized carbons (Fsp3) is 0.150. The lowest BCUT2D eigenvalue weighted by Crippen LogP contribution is -2.14. The van der Waals surface area contributed by atoms with Gasteiger partial charge in [0, 0.05) is 6.54 Å². The summed E-state index contributed by atoms with van der Waals surface area (Å²) in [6, 6.07) is 18.2. The van der Waals surface area contributed by atoms with Gasteiger partial charge < -0.3 is 20.1 Å². The molecule has 0 aliphatic rings. The van der Waals surface area contributed by atoms with Crippen molar-refractivity contribution in [2.45, 2.75) is 6.54 Å². The molecule has 7 nitrogen and oxygen atoms in total. The number of aromatic nitrogens is 2. The molecule has 0 bridgehead atoms. The number of anilines is 2. The van der Waals surface area contributed by atoms with E-state index in [-0.39, 0.29) is 5.91 Å². The Morgan fingerprint density at radius 1 is 0.889 bits per heavy atom. The molecular formula is C20H20N4O3. The van der Waals surface area contributed by atoms with Crippen LogP contribution < -0.4 is 20.1 Å². The van der Waals surface area contributed by atoms with E-state index in [0.717, 1.165) is 11.3 Å². The molecule has 7 heteroatoms. The van der Waals surface area contributed by atoms with Crippen LogP contribution in [0, 0.1) is 0 Å². The van der Waals surface area contributed by atoms with E-state index in [4.69, 9.17) is 9.47 Å². The van der Waals surface area contributed by atoms with E-state index in [9.17, 15) is 4.79 Å². The Morgan fingerprint density at radius 3 is 2.26 bits per heavy atom. The molecule has 0 aliphatic heterocycles. The predicted molar refractivity (Wildman–Crippen MR) is 103 cm³/mol. The molecular weight excluding hydrogens is 344 g/mol. The number of amides is 1. The zero-order valence-electron chi connectivity index (χ0n) is 15.1. The second kappa shape index (κ2) is 8.66. The number of hydrogen-bond acceptors (Lipinski definition) is 6. The minimum Gasteiger partial charge on any atom is -0.497 e. The molecule has 1 aromatic heterocycles. The van der Waals surface area contributed by atoms with Crippen molar-refractivity contribution in [3.63, 3.8) is 0 Å². The van der Waals surface area contributed by atoms with Crippen molar-refractivity contribution < 1.29 is 14.3 Å². The van der Waals surface area contributed by atoms with Gasteiger partial charge in [0.2, 0.25) is 0 Å². The molecule has 0 fully saturated rings. The van der Waals surface area contributed by atoms with E-state index in [1.807, 2.05) is 24.3 Å². The predicted octanol–water partition coefficient (Wildman–Crippen LogP) is 3.36. The minimum atomic E-state index is -0.305. The van der Waals surface area contributed by atoms with Gasteiger partial charge in [-0.25, -0.2) is 0 Å². The molecule has 0 saturated heterocycles. The van der Waals surface area contributed by atoms with Gasteiger partial charge >= 0.3 is 0 Å². The average Bonchev–Trinajstić information content (AvgIpc) is 2.73. The van der Waals surface area contributed by atoms with Gasteiger partial charge in [0.05, 0.1) is 19.8 Å². The summed E-state index contributed by atoms with van der Waals surface area (Å²) < 4.78 is 10.3. The summed E-state index contributed by atoms with van der Waals surface area (Å²) in [6.07, 6.45) is 0. The van der Waals surface area contributed by atoms with Crippen LogP contribution >= 0.6 is 0 Å². The van der Waals surface area contributed by atoms with Crippen LogP contribution in [0.25, 0.3) is 0 Å². The second-order valence-corrected chi connectivity index (χ2v) is 5.66. The van der Waals surface area contributed by atoms with Gasteiger partial charge in [-0.3, -0.25) is 4.79 Å². The van der Waals surface area contributed by atoms with Gasteiger partial charge in [-0.2, -0.15) is 0 Å². The monoisotopic (exact) mass is 364 g/mol. The van der Waals surface area contributed by atoms with Crippen molar-refractivity contribution in [2.24, 2.45) is 0 Å². The maximum Gasteiger partial charge on any atom is 0.260 e. The third-order valence-electron chi connectivity index (χ3n) is 3.89. The molecule has 2 aromatic carbocycles. The first-order valence-corrected chi connectivity index (χ1v) is 8.34. The fourth-order valence-electron chi connectivity index (χ4n) is 2.45. The highest BCUT2D eigenvalue weighted by Gasteiger charge is 2.12. The molecule has 27 heavy (non-hydrogen) atoms. The lowest BCUT2D eigenvalue weighted by atomic mass is 10.2. The standard InChI is InChI=1S/C20H20N4O3/c1-26-15-9-7-14(8-10-15)13-21-18-11-12-19(24-23-18)22-20(25)16-5-3-4-6-17(16)27-2/h3-12H,13H2,1-2H3,(H,21,23)(H,22,24,25). The summed E-state index contributed by atoms with van der Waals surface area (Å²) in [6.45, 7) is 0.603. The second-order valence-electron chi connectivity index (χ2n) is 5.66. The fourth-order valence-corrected chi connectivity index (χ4v) is 2.45. The van der Waals surface area contributed by atoms with Crippen LogP contribution in [0.4, 0.5) is 11.6 Å². The number of nitrogens with zero attached hydrogens (tertiary/aromatic N) is 2. The third-order valence-corrected chi connectivity index (χ3v) is 3.89. The number of ether oxygens (including phenoxy) is 2. The normalized spacial score (nSPS) is 10.1. The van der Waals surface area contributed by atoms with E-state index < -0.39 is 0 Å². The van der Waals surface area contributed by atoms with Gasteiger partial charge in [0.15, 0.2) is 5.82 Å². The summed E-state index contributed by atoms with van der Waals surface area (Å²) in [4.78, 5) is 12.4. The smallest absolute Gasteiger partial charge is 0.260 e. The summed E-state index contributed by atoms with van der Waals surface area (Å²) in [5.41, 5.74) is 1.52. The number of nitrogens with one attached hydrogen (secondary N) is 2. The first-order valence-electron chi connectivity index (χ1n) is 8.34. The molecule has 138 valence electrons. The molecule has 0 atom stereocenters. The molecule has 3 aromatic rings. The highest BCUT2D eigenvalue weighted by molar-refractivity contribution is 6.05. The third kappa shape index (κ3) is 4.72. The highest BCUT2D eigenvalue weighted by atomic mass is 16.5. The Morgan fingerprint density at radius 2 is 1.59 bits per heavy atom. The van der Waals surface area contributed by atoms with Gasteiger partial charge in [-0.1, -0.05) is 24.3 Å². The Kier molecular flexibility index (Phi) is 5.84. The zero-order valence-corrected chi connectivity index (χ0v) is 15.1. The Hall–Kier alpha value is -3.61. The number of rotatable bonds is 7. The number of hydrogen-bond donors (Lipinski definition) is 2. The van der Waals surface area contributed by atoms with E-state index in [2.05, 4.69) is 20.8 Å². The lowest BCUT2D eigenvalue weighted by molar-refractivity contribution is 0.102. The van der Waals surface area contributed by atoms with Crippen molar-refractivity contribution >= 4 is 17.5 Å². The van der Waals surface area contributed by atoms with Crippen LogP contribution in [-0.4, -0.2) is 30.3 Å². The first kappa shape index (κ1) is 18.2. The Bertz CT molecular complexity index is 896. The maximum atomic E-state index is 12.4. The van der Waals surface area contributed by atoms with Gasteiger partial charge in [-0.05, 0) is 42.0 Å². The summed E-state index contributed by atoms with van der Waals surface area (Å²) in [7, 11) is 3.16. The minimum absolute atomic E-state index is 0.305. The molecule has 0 radical (unpaired) electrons. The van der Waals surface area contributed by atoms with Crippen LogP contribution in [0.1, 0.15) is 15.9 Å². The number of benzene rings is 2. The molecule has 3 rings (SSSR count). The van der Waals surface area contributed by atoms with Crippen molar-refractivity contribution in [1.29, 1.82) is 0 Å². The molecule has 0 saturated carbocycles. The highest BCUT2D eigenvalue weighted by Crippen LogP contribution is 2.19. The van der Waals surface area contributed by atoms with Crippen LogP contribution in [0.15, 0.2) is 60.7 Å². The van der Waals surface area contributed by atoms with Crippen molar-refractivity contribution in [2.75, 3.05) is 24.9 Å². The number of carbonyl (C=O) groups is 1. The molecule has 1 amide bonds. The quantitative estimate of drug-likeness (QED) is 0.669. The van der Waals surface area contributed by atoms with Crippen LogP contribution in [0.3, 0.4) is 0 Å². The van der Waals surface area contributed by atoms with Gasteiger partial charge in [0.1, 0.15) is 17.3 Å². The van der Waals surface area contributed by atoms with Gasteiger partial charge in [0.25, 0.3) is 5.91 Å². The van der Waals surface area contributed by atoms with Crippen molar-refractivity contribution in [1.82, 2.24) is 10.2 Å². The van der Waals surface area contributed by atoms with Gasteiger partial charge in [-0.15, -0.1) is 10.2 Å². The van der Waals surface area contributed by atoms with Crippen LogP contribution in [0.5, 0.6) is 11.5 Å². The lowest BCUT2D eigenvalue weighted by Gasteiger charge is -2.09. The average molecular weight is 364 g/mol. The van der Waals surface area contributed by atoms with E-state index in [1.54, 1.807) is 43.5 Å². The molecule has 0 spiro atoms. The topological polar surface area (TPSA) is 85.4 Å². The molecule has 0 aliphatic carbocycles. The Balaban J connectivity index is 1.58. The SMILES string of the molecule is COc1ccc(CNc2ccc(NC(=O)c3ccccc3OC)nn2)cc1. The maximum absolute atomic E-state index is 12.4. The largest absolute Gasteiger partial charge is 0.497 e. The van der Waals surface area contributed by atoms with Crippen molar-refractivity contribution in [3.8, 4) is 11.5 Å². The summed E-state index contributed by atoms with van der Waals surface area (Å²) >= 11 is 0. The van der Waals surface area contributed by atoms with E-state index in [1.165, 1.54) is 7.11 Å². The number of carbonyl (C=O) groups excluding carboxylic acids is 1. The Labute approximate surface area is 157 Å². The summed E-state index contributed by atoms with van der Waals surface area (Å²) in [5.74, 6) is 1.98. The number of methoxy groups -OCH3 is 2. The first-order chi connectivity index (χ1) is 13.2. The van der Waals surface area contributed by atoms with Crippen LogP contribution in [0.2, 0.25) is 0 Å². The molecule has 1 heterocycles.